The van der Waals surface area contributed by atoms with Crippen LogP contribution in [0.2, 0.25) is 0 Å². The summed E-state index contributed by atoms with van der Waals surface area (Å²) >= 11 is 0. The first kappa shape index (κ1) is 16.5. The van der Waals surface area contributed by atoms with Gasteiger partial charge in [0.1, 0.15) is 0 Å². The monoisotopic (exact) mass is 289 g/mol. The summed E-state index contributed by atoms with van der Waals surface area (Å²) in [5.41, 5.74) is 9.18. The molecule has 1 aliphatic carbocycles. The molecule has 2 N–H and O–H groups in total. The molecule has 1 aliphatic rings. The molecule has 0 amide bonds. The molecule has 0 saturated heterocycles. The molecule has 2 nitrogen and oxygen atoms in total. The van der Waals surface area contributed by atoms with E-state index in [2.05, 4.69) is 45.0 Å². The zero-order valence-corrected chi connectivity index (χ0v) is 14.1. The molecule has 1 atom stereocenters. The summed E-state index contributed by atoms with van der Waals surface area (Å²) in [4.78, 5) is 0. The second-order valence-electron chi connectivity index (χ2n) is 7.53. The van der Waals surface area contributed by atoms with Crippen molar-refractivity contribution < 1.29 is 4.74 Å². The lowest BCUT2D eigenvalue weighted by molar-refractivity contribution is -0.0442. The molecule has 0 aromatic heterocycles. The van der Waals surface area contributed by atoms with Crippen LogP contribution >= 0.6 is 0 Å². The van der Waals surface area contributed by atoms with Crippen molar-refractivity contribution in [3.05, 3.63) is 35.4 Å². The van der Waals surface area contributed by atoms with Crippen LogP contribution in [0.15, 0.2) is 24.3 Å². The summed E-state index contributed by atoms with van der Waals surface area (Å²) in [6.07, 6.45) is 7.21. The van der Waals surface area contributed by atoms with Crippen molar-refractivity contribution in [1.82, 2.24) is 0 Å². The van der Waals surface area contributed by atoms with E-state index < -0.39 is 0 Å². The minimum absolute atomic E-state index is 0.0328. The van der Waals surface area contributed by atoms with Crippen LogP contribution < -0.4 is 5.73 Å². The molecule has 0 aliphatic heterocycles. The summed E-state index contributed by atoms with van der Waals surface area (Å²) in [5, 5.41) is 0. The quantitative estimate of drug-likeness (QED) is 0.817. The third-order valence-electron chi connectivity index (χ3n) is 5.06. The fourth-order valence-corrected chi connectivity index (χ4v) is 3.46. The molecular weight excluding hydrogens is 258 g/mol. The molecule has 0 heterocycles. The van der Waals surface area contributed by atoms with Crippen molar-refractivity contribution in [2.75, 3.05) is 7.11 Å². The van der Waals surface area contributed by atoms with E-state index in [0.717, 1.165) is 12.8 Å². The van der Waals surface area contributed by atoms with Gasteiger partial charge in [-0.15, -0.1) is 0 Å². The summed E-state index contributed by atoms with van der Waals surface area (Å²) < 4.78 is 5.95. The Bertz CT molecular complexity index is 436. The van der Waals surface area contributed by atoms with Crippen LogP contribution in [-0.2, 0) is 10.2 Å². The van der Waals surface area contributed by atoms with Gasteiger partial charge in [-0.2, -0.15) is 0 Å². The lowest BCUT2D eigenvalue weighted by Gasteiger charge is -2.37. The predicted octanol–water partition coefficient (Wildman–Crippen LogP) is 4.72. The van der Waals surface area contributed by atoms with Crippen molar-refractivity contribution in [3.63, 3.8) is 0 Å². The maximum absolute atomic E-state index is 6.62. The van der Waals surface area contributed by atoms with Gasteiger partial charge in [-0.05, 0) is 29.4 Å². The van der Waals surface area contributed by atoms with Gasteiger partial charge in [-0.25, -0.2) is 0 Å². The largest absolute Gasteiger partial charge is 0.376 e. The second-order valence-corrected chi connectivity index (χ2v) is 7.53. The van der Waals surface area contributed by atoms with Crippen LogP contribution in [0.25, 0.3) is 0 Å². The predicted molar refractivity (Wildman–Crippen MR) is 89.5 cm³/mol. The summed E-state index contributed by atoms with van der Waals surface area (Å²) in [7, 11) is 1.83. The van der Waals surface area contributed by atoms with Gasteiger partial charge in [0.15, 0.2) is 0 Å². The number of benzene rings is 1. The van der Waals surface area contributed by atoms with Gasteiger partial charge in [0.05, 0.1) is 11.6 Å². The van der Waals surface area contributed by atoms with E-state index in [-0.39, 0.29) is 17.1 Å². The van der Waals surface area contributed by atoms with Crippen LogP contribution in [0.1, 0.15) is 76.5 Å². The highest BCUT2D eigenvalue weighted by atomic mass is 16.5. The van der Waals surface area contributed by atoms with Crippen LogP contribution in [0.5, 0.6) is 0 Å². The molecule has 1 aromatic carbocycles. The van der Waals surface area contributed by atoms with Crippen LogP contribution in [0.3, 0.4) is 0 Å². The molecule has 0 spiro atoms. The number of methoxy groups -OCH3 is 1. The zero-order chi connectivity index (χ0) is 15.5. The number of hydrogen-bond donors (Lipinski definition) is 1. The molecule has 2 rings (SSSR count). The fraction of sp³-hybridized carbons (Fsp3) is 0.684. The average molecular weight is 289 g/mol. The van der Waals surface area contributed by atoms with Crippen molar-refractivity contribution in [2.24, 2.45) is 5.73 Å². The second kappa shape index (κ2) is 6.50. The number of rotatable bonds is 3. The van der Waals surface area contributed by atoms with Crippen LogP contribution in [-0.4, -0.2) is 12.7 Å². The molecule has 2 heteroatoms. The third-order valence-corrected chi connectivity index (χ3v) is 5.06. The lowest BCUT2D eigenvalue weighted by Crippen LogP contribution is -2.42. The fourth-order valence-electron chi connectivity index (χ4n) is 3.46. The van der Waals surface area contributed by atoms with E-state index in [0.29, 0.717) is 0 Å². The smallest absolute Gasteiger partial charge is 0.0870 e. The minimum atomic E-state index is -0.181. The average Bonchev–Trinajstić information content (AvgIpc) is 2.72. The third kappa shape index (κ3) is 3.67. The Balaban J connectivity index is 2.22. The lowest BCUT2D eigenvalue weighted by atomic mass is 9.81. The highest BCUT2D eigenvalue weighted by molar-refractivity contribution is 5.30. The Labute approximate surface area is 130 Å². The van der Waals surface area contributed by atoms with Crippen molar-refractivity contribution in [2.45, 2.75) is 76.4 Å². The zero-order valence-electron chi connectivity index (χ0n) is 14.1. The van der Waals surface area contributed by atoms with Gasteiger partial charge < -0.3 is 10.5 Å². The molecule has 0 bridgehead atoms. The topological polar surface area (TPSA) is 35.2 Å². The van der Waals surface area contributed by atoms with Crippen LogP contribution in [0.4, 0.5) is 0 Å². The van der Waals surface area contributed by atoms with Gasteiger partial charge in [0, 0.05) is 7.11 Å². The maximum Gasteiger partial charge on any atom is 0.0870 e. The summed E-state index contributed by atoms with van der Waals surface area (Å²) in [6, 6.07) is 8.79. The Kier molecular flexibility index (Phi) is 5.11. The van der Waals surface area contributed by atoms with E-state index in [1.807, 2.05) is 7.11 Å². The van der Waals surface area contributed by atoms with Crippen molar-refractivity contribution in [3.8, 4) is 0 Å². The van der Waals surface area contributed by atoms with Gasteiger partial charge in [0.25, 0.3) is 0 Å². The maximum atomic E-state index is 6.62. The summed E-state index contributed by atoms with van der Waals surface area (Å²) in [5.74, 6) is 0. The molecule has 1 unspecified atom stereocenters. The van der Waals surface area contributed by atoms with Gasteiger partial charge in [0.2, 0.25) is 0 Å². The van der Waals surface area contributed by atoms with E-state index in [4.69, 9.17) is 10.5 Å². The van der Waals surface area contributed by atoms with Crippen molar-refractivity contribution in [1.29, 1.82) is 0 Å². The first-order valence-corrected chi connectivity index (χ1v) is 8.30. The normalized spacial score (nSPS) is 20.8. The Morgan fingerprint density at radius 3 is 1.95 bits per heavy atom. The number of hydrogen-bond acceptors (Lipinski definition) is 2. The van der Waals surface area contributed by atoms with Gasteiger partial charge in [-0.3, -0.25) is 0 Å². The van der Waals surface area contributed by atoms with Crippen molar-refractivity contribution >= 4 is 0 Å². The molecule has 1 fully saturated rings. The molecule has 21 heavy (non-hydrogen) atoms. The standard InChI is InChI=1S/C19H31NO/c1-18(2,3)16-11-9-15(10-12-16)17(20)19(21-4)13-7-5-6-8-14-19/h9-12,17H,5-8,13-14,20H2,1-4H3. The first-order valence-electron chi connectivity index (χ1n) is 8.30. The van der Waals surface area contributed by atoms with Gasteiger partial charge >= 0.3 is 0 Å². The van der Waals surface area contributed by atoms with Gasteiger partial charge in [-0.1, -0.05) is 70.7 Å². The van der Waals surface area contributed by atoms with E-state index >= 15 is 0 Å². The number of ether oxygens (including phenoxy) is 1. The number of nitrogens with two attached hydrogens (primary N) is 1. The molecule has 0 radical (unpaired) electrons. The highest BCUT2D eigenvalue weighted by Gasteiger charge is 2.37. The Morgan fingerprint density at radius 2 is 1.52 bits per heavy atom. The SMILES string of the molecule is COC1(C(N)c2ccc(C(C)(C)C)cc2)CCCCCC1. The highest BCUT2D eigenvalue weighted by Crippen LogP contribution is 2.39. The Hall–Kier alpha value is -0.860. The molecule has 1 aromatic rings. The molecule has 1 saturated carbocycles. The van der Waals surface area contributed by atoms with Crippen LogP contribution in [0, 0.1) is 0 Å². The molecule has 118 valence electrons. The van der Waals surface area contributed by atoms with E-state index in [1.54, 1.807) is 0 Å². The van der Waals surface area contributed by atoms with E-state index in [9.17, 15) is 0 Å². The van der Waals surface area contributed by atoms with E-state index in [1.165, 1.54) is 36.8 Å². The Morgan fingerprint density at radius 1 is 1.00 bits per heavy atom. The molecular formula is C19H31NO. The summed E-state index contributed by atoms with van der Waals surface area (Å²) in [6.45, 7) is 6.72. The minimum Gasteiger partial charge on any atom is -0.376 e. The first-order chi connectivity index (χ1) is 9.89.